The molecule has 6 heteroatoms. The molecule has 1 aliphatic rings. The summed E-state index contributed by atoms with van der Waals surface area (Å²) in [6.45, 7) is 3.31. The van der Waals surface area contributed by atoms with Crippen LogP contribution in [0.1, 0.15) is 25.5 Å². The molecule has 0 aromatic carbocycles. The van der Waals surface area contributed by atoms with Crippen LogP contribution in [0.2, 0.25) is 0 Å². The minimum atomic E-state index is -0.146. The van der Waals surface area contributed by atoms with Crippen LogP contribution in [-0.4, -0.2) is 22.5 Å². The fourth-order valence-corrected chi connectivity index (χ4v) is 1.95. The molecule has 1 aromatic heterocycles. The van der Waals surface area contributed by atoms with Gasteiger partial charge in [0.15, 0.2) is 0 Å². The van der Waals surface area contributed by atoms with Crippen molar-refractivity contribution in [3.8, 4) is 0 Å². The van der Waals surface area contributed by atoms with Gasteiger partial charge < -0.3 is 10.6 Å². The molecule has 1 aliphatic carbocycles. The number of halogens is 1. The summed E-state index contributed by atoms with van der Waals surface area (Å²) in [6, 6.07) is -0.146. The van der Waals surface area contributed by atoms with E-state index in [1.54, 1.807) is 12.4 Å². The molecule has 1 fully saturated rings. The molecule has 2 rings (SSSR count). The number of nitrogens with one attached hydrogen (secondary N) is 2. The normalized spacial score (nSPS) is 16.1. The highest BCUT2D eigenvalue weighted by Crippen LogP contribution is 2.35. The molecule has 0 bridgehead atoms. The first kappa shape index (κ1) is 13.3. The van der Waals surface area contributed by atoms with Crippen molar-refractivity contribution in [1.29, 1.82) is 0 Å². The second kappa shape index (κ2) is 6.13. The van der Waals surface area contributed by atoms with Gasteiger partial charge in [-0.15, -0.1) is 0 Å². The Morgan fingerprint density at radius 2 is 2.22 bits per heavy atom. The molecule has 1 saturated carbocycles. The maximum atomic E-state index is 11.6. The zero-order valence-electron chi connectivity index (χ0n) is 10.3. The van der Waals surface area contributed by atoms with Crippen molar-refractivity contribution in [3.05, 3.63) is 22.7 Å². The second-order valence-electron chi connectivity index (χ2n) is 4.71. The number of carbonyl (C=O) groups excluding carboxylic acids is 1. The first-order valence-electron chi connectivity index (χ1n) is 6.13. The lowest BCUT2D eigenvalue weighted by atomic mass is 10.1. The molecule has 5 nitrogen and oxygen atoms in total. The van der Waals surface area contributed by atoms with Crippen LogP contribution < -0.4 is 10.6 Å². The summed E-state index contributed by atoms with van der Waals surface area (Å²) in [5, 5.41) is 5.64. The zero-order valence-corrected chi connectivity index (χ0v) is 11.9. The van der Waals surface area contributed by atoms with Gasteiger partial charge in [0.1, 0.15) is 4.60 Å². The van der Waals surface area contributed by atoms with Gasteiger partial charge in [0, 0.05) is 6.54 Å². The van der Waals surface area contributed by atoms with Crippen LogP contribution in [0.4, 0.5) is 4.79 Å². The molecule has 2 amide bonds. The Morgan fingerprint density at radius 3 is 2.83 bits per heavy atom. The summed E-state index contributed by atoms with van der Waals surface area (Å²) in [7, 11) is 0. The highest BCUT2D eigenvalue weighted by atomic mass is 79.9. The quantitative estimate of drug-likeness (QED) is 0.874. The number of nitrogens with zero attached hydrogens (tertiary/aromatic N) is 2. The van der Waals surface area contributed by atoms with Crippen molar-refractivity contribution in [2.75, 3.05) is 6.54 Å². The number of rotatable bonds is 5. The van der Waals surface area contributed by atoms with Crippen LogP contribution in [0.25, 0.3) is 0 Å². The fourth-order valence-electron chi connectivity index (χ4n) is 1.75. The molecule has 1 unspecified atom stereocenters. The lowest BCUT2D eigenvalue weighted by Crippen LogP contribution is -2.37. The van der Waals surface area contributed by atoms with Gasteiger partial charge in [0.05, 0.1) is 24.6 Å². The first-order chi connectivity index (χ1) is 8.65. The smallest absolute Gasteiger partial charge is 0.315 e. The third kappa shape index (κ3) is 4.25. The number of urea groups is 1. The summed E-state index contributed by atoms with van der Waals surface area (Å²) in [5.41, 5.74) is 0.739. The molecule has 1 heterocycles. The van der Waals surface area contributed by atoms with E-state index < -0.39 is 0 Å². The van der Waals surface area contributed by atoms with Crippen molar-refractivity contribution in [2.45, 2.75) is 26.3 Å². The Kier molecular flexibility index (Phi) is 4.52. The molecule has 0 aliphatic heterocycles. The van der Waals surface area contributed by atoms with Gasteiger partial charge in [0.25, 0.3) is 0 Å². The van der Waals surface area contributed by atoms with Crippen molar-refractivity contribution >= 4 is 22.0 Å². The Labute approximate surface area is 115 Å². The molecule has 1 aromatic rings. The van der Waals surface area contributed by atoms with Gasteiger partial charge in [0.2, 0.25) is 0 Å². The van der Waals surface area contributed by atoms with E-state index in [2.05, 4.69) is 43.5 Å². The zero-order chi connectivity index (χ0) is 13.0. The predicted molar refractivity (Wildman–Crippen MR) is 71.9 cm³/mol. The van der Waals surface area contributed by atoms with E-state index in [0.29, 0.717) is 17.1 Å². The first-order valence-corrected chi connectivity index (χ1v) is 6.92. The average molecular weight is 313 g/mol. The van der Waals surface area contributed by atoms with Crippen molar-refractivity contribution < 1.29 is 4.79 Å². The maximum Gasteiger partial charge on any atom is 0.315 e. The lowest BCUT2D eigenvalue weighted by molar-refractivity contribution is 0.238. The van der Waals surface area contributed by atoms with Crippen LogP contribution in [0, 0.1) is 11.8 Å². The Morgan fingerprint density at radius 1 is 1.44 bits per heavy atom. The Hall–Kier alpha value is -1.17. The van der Waals surface area contributed by atoms with E-state index in [1.807, 2.05) is 0 Å². The lowest BCUT2D eigenvalue weighted by Gasteiger charge is -2.12. The highest BCUT2D eigenvalue weighted by molar-refractivity contribution is 9.10. The number of hydrogen-bond donors (Lipinski definition) is 2. The summed E-state index contributed by atoms with van der Waals surface area (Å²) < 4.78 is 0.689. The third-order valence-electron chi connectivity index (χ3n) is 3.12. The molecule has 0 spiro atoms. The SMILES string of the molecule is CC(CNC(=O)NCc1cnc(Br)cn1)C1CC1. The standard InChI is InChI=1S/C12H17BrN4O/c1-8(9-2-3-9)4-16-12(18)17-6-10-5-15-11(13)7-14-10/h5,7-9H,2-4,6H2,1H3,(H2,16,17,18). The summed E-state index contributed by atoms with van der Waals surface area (Å²) in [4.78, 5) is 19.7. The number of carbonyl (C=O) groups is 1. The van der Waals surface area contributed by atoms with Gasteiger partial charge in [-0.05, 0) is 40.6 Å². The Balaban J connectivity index is 1.66. The minimum absolute atomic E-state index is 0.146. The summed E-state index contributed by atoms with van der Waals surface area (Å²) in [5.74, 6) is 1.38. The fraction of sp³-hybridized carbons (Fsp3) is 0.583. The summed E-state index contributed by atoms with van der Waals surface area (Å²) >= 11 is 3.21. The van der Waals surface area contributed by atoms with Crippen molar-refractivity contribution in [1.82, 2.24) is 20.6 Å². The van der Waals surface area contributed by atoms with E-state index in [0.717, 1.165) is 18.2 Å². The van der Waals surface area contributed by atoms with Gasteiger partial charge in [-0.2, -0.15) is 0 Å². The van der Waals surface area contributed by atoms with Crippen LogP contribution in [0.5, 0.6) is 0 Å². The van der Waals surface area contributed by atoms with E-state index in [-0.39, 0.29) is 6.03 Å². The number of aromatic nitrogens is 2. The van der Waals surface area contributed by atoms with Crippen LogP contribution >= 0.6 is 15.9 Å². The van der Waals surface area contributed by atoms with Crippen molar-refractivity contribution in [3.63, 3.8) is 0 Å². The van der Waals surface area contributed by atoms with Crippen LogP contribution in [0.3, 0.4) is 0 Å². The van der Waals surface area contributed by atoms with E-state index in [4.69, 9.17) is 0 Å². The summed E-state index contributed by atoms with van der Waals surface area (Å²) in [6.07, 6.45) is 5.86. The minimum Gasteiger partial charge on any atom is -0.338 e. The van der Waals surface area contributed by atoms with E-state index in [1.165, 1.54) is 12.8 Å². The number of hydrogen-bond acceptors (Lipinski definition) is 3. The number of amides is 2. The van der Waals surface area contributed by atoms with Crippen molar-refractivity contribution in [2.24, 2.45) is 11.8 Å². The topological polar surface area (TPSA) is 66.9 Å². The van der Waals surface area contributed by atoms with Gasteiger partial charge in [-0.1, -0.05) is 6.92 Å². The average Bonchev–Trinajstić information content (AvgIpc) is 3.19. The third-order valence-corrected chi connectivity index (χ3v) is 3.52. The Bertz CT molecular complexity index is 405. The van der Waals surface area contributed by atoms with E-state index >= 15 is 0 Å². The van der Waals surface area contributed by atoms with Gasteiger partial charge in [-0.25, -0.2) is 9.78 Å². The molecular weight excluding hydrogens is 296 g/mol. The molecule has 18 heavy (non-hydrogen) atoms. The van der Waals surface area contributed by atoms with Crippen LogP contribution in [-0.2, 0) is 6.54 Å². The monoisotopic (exact) mass is 312 g/mol. The second-order valence-corrected chi connectivity index (χ2v) is 5.52. The van der Waals surface area contributed by atoms with E-state index in [9.17, 15) is 4.79 Å². The van der Waals surface area contributed by atoms with Crippen LogP contribution in [0.15, 0.2) is 17.0 Å². The highest BCUT2D eigenvalue weighted by Gasteiger charge is 2.27. The van der Waals surface area contributed by atoms with Gasteiger partial charge in [-0.3, -0.25) is 4.98 Å². The molecule has 2 N–H and O–H groups in total. The molecule has 0 radical (unpaired) electrons. The molecule has 0 saturated heterocycles. The predicted octanol–water partition coefficient (Wildman–Crippen LogP) is 2.08. The van der Waals surface area contributed by atoms with Gasteiger partial charge >= 0.3 is 6.03 Å². The molecule has 1 atom stereocenters. The maximum absolute atomic E-state index is 11.6. The molecule has 98 valence electrons. The molecular formula is C12H17BrN4O. The largest absolute Gasteiger partial charge is 0.338 e.